The highest BCUT2D eigenvalue weighted by Crippen LogP contribution is 2.09. The molecule has 6 nitrogen and oxygen atoms in total. The standard InChI is InChI=1S/C18H18FN5O/c1-13-9-14(3-4-16(13)19)11-21-18(25)22-12-15-5-7-20-17(10-15)24-8-2-6-23-24/h2-10H,11-12H2,1H3,(H2,21,22,25). The average molecular weight is 339 g/mol. The van der Waals surface area contributed by atoms with Gasteiger partial charge in [-0.25, -0.2) is 18.9 Å². The van der Waals surface area contributed by atoms with Crippen LogP contribution in [0.3, 0.4) is 0 Å². The fourth-order valence-corrected chi connectivity index (χ4v) is 2.34. The van der Waals surface area contributed by atoms with Crippen LogP contribution in [0.5, 0.6) is 0 Å². The molecule has 2 heterocycles. The van der Waals surface area contributed by atoms with E-state index < -0.39 is 0 Å². The number of aryl methyl sites for hydroxylation is 1. The highest BCUT2D eigenvalue weighted by Gasteiger charge is 2.04. The quantitative estimate of drug-likeness (QED) is 0.751. The monoisotopic (exact) mass is 339 g/mol. The van der Waals surface area contributed by atoms with Gasteiger partial charge in [-0.3, -0.25) is 0 Å². The first-order valence-corrected chi connectivity index (χ1v) is 7.83. The Hall–Kier alpha value is -3.22. The van der Waals surface area contributed by atoms with E-state index in [4.69, 9.17) is 0 Å². The topological polar surface area (TPSA) is 71.8 Å². The summed E-state index contributed by atoms with van der Waals surface area (Å²) in [5.74, 6) is 0.436. The smallest absolute Gasteiger partial charge is 0.315 e. The Morgan fingerprint density at radius 2 is 1.88 bits per heavy atom. The van der Waals surface area contributed by atoms with Crippen LogP contribution in [0.4, 0.5) is 9.18 Å². The van der Waals surface area contributed by atoms with Gasteiger partial charge in [0.1, 0.15) is 5.82 Å². The fraction of sp³-hybridized carbons (Fsp3) is 0.167. The van der Waals surface area contributed by atoms with E-state index in [0.717, 1.165) is 11.1 Å². The molecule has 0 aliphatic heterocycles. The van der Waals surface area contributed by atoms with Gasteiger partial charge in [-0.05, 0) is 47.9 Å². The number of halogens is 1. The number of benzene rings is 1. The van der Waals surface area contributed by atoms with Gasteiger partial charge in [-0.1, -0.05) is 12.1 Å². The number of urea groups is 1. The van der Waals surface area contributed by atoms with Crippen molar-refractivity contribution in [3.63, 3.8) is 0 Å². The lowest BCUT2D eigenvalue weighted by Gasteiger charge is -2.09. The Balaban J connectivity index is 1.52. The molecular weight excluding hydrogens is 321 g/mol. The maximum Gasteiger partial charge on any atom is 0.315 e. The van der Waals surface area contributed by atoms with Gasteiger partial charge in [0.15, 0.2) is 5.82 Å². The second kappa shape index (κ2) is 7.57. The van der Waals surface area contributed by atoms with E-state index in [1.54, 1.807) is 42.3 Å². The molecule has 0 aliphatic carbocycles. The molecule has 0 spiro atoms. The molecule has 3 rings (SSSR count). The lowest BCUT2D eigenvalue weighted by Crippen LogP contribution is -2.34. The molecule has 1 aromatic carbocycles. The SMILES string of the molecule is Cc1cc(CNC(=O)NCc2ccnc(-n3cccn3)c2)ccc1F. The molecule has 0 saturated heterocycles. The minimum Gasteiger partial charge on any atom is -0.334 e. The molecule has 128 valence electrons. The van der Waals surface area contributed by atoms with Gasteiger partial charge >= 0.3 is 6.03 Å². The molecule has 0 saturated carbocycles. The number of carbonyl (C=O) groups is 1. The normalized spacial score (nSPS) is 10.5. The molecule has 25 heavy (non-hydrogen) atoms. The van der Waals surface area contributed by atoms with E-state index >= 15 is 0 Å². The second-order valence-electron chi connectivity index (χ2n) is 5.59. The van der Waals surface area contributed by atoms with Gasteiger partial charge in [0.25, 0.3) is 0 Å². The third-order valence-corrected chi connectivity index (χ3v) is 3.68. The Kier molecular flexibility index (Phi) is 5.03. The minimum absolute atomic E-state index is 0.251. The zero-order valence-corrected chi connectivity index (χ0v) is 13.7. The van der Waals surface area contributed by atoms with Gasteiger partial charge < -0.3 is 10.6 Å². The number of hydrogen-bond acceptors (Lipinski definition) is 3. The van der Waals surface area contributed by atoms with Crippen molar-refractivity contribution in [2.75, 3.05) is 0 Å². The average Bonchev–Trinajstić information content (AvgIpc) is 3.16. The summed E-state index contributed by atoms with van der Waals surface area (Å²) < 4.78 is 14.9. The molecule has 0 fully saturated rings. The lowest BCUT2D eigenvalue weighted by molar-refractivity contribution is 0.240. The number of carbonyl (C=O) groups excluding carboxylic acids is 1. The number of rotatable bonds is 5. The second-order valence-corrected chi connectivity index (χ2v) is 5.59. The summed E-state index contributed by atoms with van der Waals surface area (Å²) in [4.78, 5) is 16.2. The van der Waals surface area contributed by atoms with E-state index in [1.165, 1.54) is 6.07 Å². The first-order valence-electron chi connectivity index (χ1n) is 7.83. The number of nitrogens with zero attached hydrogens (tertiary/aromatic N) is 3. The minimum atomic E-state index is -0.292. The number of aromatic nitrogens is 3. The molecule has 0 aliphatic rings. The first kappa shape index (κ1) is 16.6. The highest BCUT2D eigenvalue weighted by atomic mass is 19.1. The van der Waals surface area contributed by atoms with E-state index in [1.807, 2.05) is 18.2 Å². The van der Waals surface area contributed by atoms with E-state index in [0.29, 0.717) is 24.5 Å². The molecule has 2 N–H and O–H groups in total. The molecule has 7 heteroatoms. The van der Waals surface area contributed by atoms with Crippen molar-refractivity contribution in [2.24, 2.45) is 0 Å². The summed E-state index contributed by atoms with van der Waals surface area (Å²) in [6.45, 7) is 2.40. The van der Waals surface area contributed by atoms with Gasteiger partial charge in [0.05, 0.1) is 0 Å². The van der Waals surface area contributed by atoms with E-state index in [9.17, 15) is 9.18 Å². The van der Waals surface area contributed by atoms with Crippen LogP contribution >= 0.6 is 0 Å². The van der Waals surface area contributed by atoms with Crippen LogP contribution in [0.2, 0.25) is 0 Å². The molecule has 2 aromatic heterocycles. The Labute approximate surface area is 144 Å². The molecule has 2 amide bonds. The third-order valence-electron chi connectivity index (χ3n) is 3.68. The Bertz CT molecular complexity index is 864. The van der Waals surface area contributed by atoms with Crippen molar-refractivity contribution in [3.8, 4) is 5.82 Å². The molecule has 0 atom stereocenters. The van der Waals surface area contributed by atoms with Crippen molar-refractivity contribution in [3.05, 3.63) is 77.5 Å². The van der Waals surface area contributed by atoms with Gasteiger partial charge in [0.2, 0.25) is 0 Å². The van der Waals surface area contributed by atoms with Crippen LogP contribution < -0.4 is 10.6 Å². The van der Waals surface area contributed by atoms with Crippen molar-refractivity contribution in [1.82, 2.24) is 25.4 Å². The van der Waals surface area contributed by atoms with Crippen molar-refractivity contribution in [2.45, 2.75) is 20.0 Å². The van der Waals surface area contributed by atoms with Crippen LogP contribution in [0.1, 0.15) is 16.7 Å². The zero-order valence-electron chi connectivity index (χ0n) is 13.7. The number of amides is 2. The summed E-state index contributed by atoms with van der Waals surface area (Å²) in [7, 11) is 0. The molecule has 3 aromatic rings. The van der Waals surface area contributed by atoms with E-state index in [2.05, 4.69) is 20.7 Å². The lowest BCUT2D eigenvalue weighted by atomic mass is 10.1. The summed E-state index contributed by atoms with van der Waals surface area (Å²) in [5.41, 5.74) is 2.31. The van der Waals surface area contributed by atoms with Crippen LogP contribution in [-0.2, 0) is 13.1 Å². The van der Waals surface area contributed by atoms with Crippen molar-refractivity contribution >= 4 is 6.03 Å². The van der Waals surface area contributed by atoms with Crippen molar-refractivity contribution < 1.29 is 9.18 Å². The molecule has 0 bridgehead atoms. The molecule has 0 radical (unpaired) electrons. The van der Waals surface area contributed by atoms with Gasteiger partial charge in [-0.2, -0.15) is 5.10 Å². The summed E-state index contributed by atoms with van der Waals surface area (Å²) in [5, 5.41) is 9.67. The maximum absolute atomic E-state index is 13.2. The van der Waals surface area contributed by atoms with Gasteiger partial charge in [0, 0.05) is 31.7 Å². The number of nitrogens with one attached hydrogen (secondary N) is 2. The Morgan fingerprint density at radius 1 is 1.12 bits per heavy atom. The number of hydrogen-bond donors (Lipinski definition) is 2. The van der Waals surface area contributed by atoms with Crippen molar-refractivity contribution in [1.29, 1.82) is 0 Å². The summed E-state index contributed by atoms with van der Waals surface area (Å²) >= 11 is 0. The largest absolute Gasteiger partial charge is 0.334 e. The third kappa shape index (κ3) is 4.41. The van der Waals surface area contributed by atoms with Crippen LogP contribution in [-0.4, -0.2) is 20.8 Å². The van der Waals surface area contributed by atoms with E-state index in [-0.39, 0.29) is 11.8 Å². The number of pyridine rings is 1. The highest BCUT2D eigenvalue weighted by molar-refractivity contribution is 5.73. The molecular formula is C18H18FN5O. The fourth-order valence-electron chi connectivity index (χ4n) is 2.34. The predicted octanol–water partition coefficient (Wildman–Crippen LogP) is 2.71. The predicted molar refractivity (Wildman–Crippen MR) is 91.6 cm³/mol. The van der Waals surface area contributed by atoms with Crippen LogP contribution in [0.15, 0.2) is 55.0 Å². The van der Waals surface area contributed by atoms with Crippen LogP contribution in [0, 0.1) is 12.7 Å². The molecule has 0 unspecified atom stereocenters. The zero-order chi connectivity index (χ0) is 17.6. The maximum atomic E-state index is 13.2. The summed E-state index contributed by atoms with van der Waals surface area (Å²) in [6.07, 6.45) is 5.15. The summed E-state index contributed by atoms with van der Waals surface area (Å²) in [6, 6.07) is 9.98. The Morgan fingerprint density at radius 3 is 2.56 bits per heavy atom. The van der Waals surface area contributed by atoms with Crippen LogP contribution in [0.25, 0.3) is 5.82 Å². The van der Waals surface area contributed by atoms with Gasteiger partial charge in [-0.15, -0.1) is 0 Å². The first-order chi connectivity index (χ1) is 12.1.